The smallest absolute Gasteiger partial charge is 0.294 e. The van der Waals surface area contributed by atoms with E-state index in [4.69, 9.17) is 9.47 Å². The number of imide groups is 1. The van der Waals surface area contributed by atoms with Crippen molar-refractivity contribution in [1.29, 1.82) is 0 Å². The monoisotopic (exact) mass is 559 g/mol. The average molecular weight is 560 g/mol. The van der Waals surface area contributed by atoms with Gasteiger partial charge in [-0.2, -0.15) is 0 Å². The van der Waals surface area contributed by atoms with Crippen LogP contribution in [-0.2, 0) is 14.4 Å². The molecule has 4 amide bonds. The maximum atomic E-state index is 12.9. The Bertz CT molecular complexity index is 1520. The van der Waals surface area contributed by atoms with Crippen molar-refractivity contribution in [3.05, 3.63) is 87.8 Å². The number of hydrogen-bond acceptors (Lipinski definition) is 7. The SMILES string of the molecule is COc1cc(/C=C2/SC(=O)N(CC(=O)Nc3ccc(C)cc3C)C2=O)ccc1OCC(=O)Nc1cccc(C)c1. The van der Waals surface area contributed by atoms with Crippen LogP contribution >= 0.6 is 11.8 Å². The van der Waals surface area contributed by atoms with E-state index in [0.29, 0.717) is 28.4 Å². The van der Waals surface area contributed by atoms with Gasteiger partial charge < -0.3 is 20.1 Å². The molecule has 0 aromatic heterocycles. The fraction of sp³-hybridized carbons (Fsp3) is 0.200. The van der Waals surface area contributed by atoms with Gasteiger partial charge in [0.2, 0.25) is 5.91 Å². The minimum atomic E-state index is -0.558. The van der Waals surface area contributed by atoms with Gasteiger partial charge in [-0.15, -0.1) is 0 Å². The Hall–Kier alpha value is -4.57. The van der Waals surface area contributed by atoms with E-state index < -0.39 is 23.6 Å². The number of rotatable bonds is 9. The van der Waals surface area contributed by atoms with Crippen molar-refractivity contribution in [2.75, 3.05) is 30.9 Å². The molecule has 0 spiro atoms. The lowest BCUT2D eigenvalue weighted by atomic mass is 10.1. The van der Waals surface area contributed by atoms with Crippen LogP contribution in [0.5, 0.6) is 11.5 Å². The first-order valence-corrected chi connectivity index (χ1v) is 13.2. The second kappa shape index (κ2) is 12.5. The Balaban J connectivity index is 1.38. The highest BCUT2D eigenvalue weighted by atomic mass is 32.2. The summed E-state index contributed by atoms with van der Waals surface area (Å²) in [4.78, 5) is 51.4. The standard InChI is InChI=1S/C30H29N3O6S/c1-18-6-5-7-22(13-18)31-28(35)17-39-24-11-9-21(14-25(24)38-4)15-26-29(36)33(30(37)40-26)16-27(34)32-23-10-8-19(2)12-20(23)3/h5-15H,16-17H2,1-4H3,(H,31,35)(H,32,34)/b26-15+. The molecule has 0 saturated carbocycles. The molecule has 0 radical (unpaired) electrons. The summed E-state index contributed by atoms with van der Waals surface area (Å²) in [6, 6.07) is 17.9. The molecule has 0 unspecified atom stereocenters. The van der Waals surface area contributed by atoms with Gasteiger partial charge in [0.15, 0.2) is 18.1 Å². The lowest BCUT2D eigenvalue weighted by Crippen LogP contribution is -2.36. The number of nitrogens with zero attached hydrogens (tertiary/aromatic N) is 1. The first kappa shape index (κ1) is 28.4. The number of aryl methyl sites for hydroxylation is 3. The highest BCUT2D eigenvalue weighted by Gasteiger charge is 2.36. The summed E-state index contributed by atoms with van der Waals surface area (Å²) in [6.07, 6.45) is 1.55. The number of ether oxygens (including phenoxy) is 2. The molecule has 1 heterocycles. The van der Waals surface area contributed by atoms with Gasteiger partial charge in [-0.3, -0.25) is 24.1 Å². The van der Waals surface area contributed by atoms with Crippen molar-refractivity contribution >= 4 is 52.2 Å². The molecule has 40 heavy (non-hydrogen) atoms. The van der Waals surface area contributed by atoms with Crippen molar-refractivity contribution in [3.63, 3.8) is 0 Å². The molecule has 1 aliphatic rings. The van der Waals surface area contributed by atoms with Gasteiger partial charge in [0.25, 0.3) is 17.1 Å². The number of methoxy groups -OCH3 is 1. The quantitative estimate of drug-likeness (QED) is 0.342. The van der Waals surface area contributed by atoms with E-state index in [1.54, 1.807) is 36.4 Å². The molecule has 1 saturated heterocycles. The molecule has 2 N–H and O–H groups in total. The molecule has 3 aromatic carbocycles. The zero-order valence-corrected chi connectivity index (χ0v) is 23.4. The third-order valence-corrected chi connectivity index (χ3v) is 6.88. The third-order valence-electron chi connectivity index (χ3n) is 5.98. The highest BCUT2D eigenvalue weighted by Crippen LogP contribution is 2.34. The molecule has 3 aromatic rings. The van der Waals surface area contributed by atoms with Crippen molar-refractivity contribution in [2.24, 2.45) is 0 Å². The van der Waals surface area contributed by atoms with E-state index in [0.717, 1.165) is 33.4 Å². The van der Waals surface area contributed by atoms with E-state index in [9.17, 15) is 19.2 Å². The van der Waals surface area contributed by atoms with Crippen molar-refractivity contribution in [1.82, 2.24) is 4.90 Å². The predicted molar refractivity (Wildman–Crippen MR) is 156 cm³/mol. The van der Waals surface area contributed by atoms with Gasteiger partial charge >= 0.3 is 0 Å². The Labute approximate surface area is 236 Å². The van der Waals surface area contributed by atoms with Crippen molar-refractivity contribution in [2.45, 2.75) is 20.8 Å². The van der Waals surface area contributed by atoms with Crippen molar-refractivity contribution in [3.8, 4) is 11.5 Å². The molecular weight excluding hydrogens is 530 g/mol. The molecule has 1 aliphatic heterocycles. The lowest BCUT2D eigenvalue weighted by molar-refractivity contribution is -0.127. The molecule has 206 valence electrons. The van der Waals surface area contributed by atoms with Crippen LogP contribution in [0.2, 0.25) is 0 Å². The minimum Gasteiger partial charge on any atom is -0.493 e. The first-order chi connectivity index (χ1) is 19.1. The second-order valence-corrected chi connectivity index (χ2v) is 10.2. The van der Waals surface area contributed by atoms with Crippen LogP contribution in [0.25, 0.3) is 6.08 Å². The number of hydrogen-bond donors (Lipinski definition) is 2. The largest absolute Gasteiger partial charge is 0.493 e. The van der Waals surface area contributed by atoms with Gasteiger partial charge in [-0.1, -0.05) is 35.9 Å². The van der Waals surface area contributed by atoms with Crippen LogP contribution in [-0.4, -0.2) is 48.1 Å². The fourth-order valence-electron chi connectivity index (χ4n) is 4.03. The Morgan fingerprint density at radius 1 is 0.900 bits per heavy atom. The first-order valence-electron chi connectivity index (χ1n) is 12.4. The number of anilines is 2. The second-order valence-electron chi connectivity index (χ2n) is 9.25. The molecule has 1 fully saturated rings. The molecule has 4 rings (SSSR count). The summed E-state index contributed by atoms with van der Waals surface area (Å²) in [7, 11) is 1.46. The fourth-order valence-corrected chi connectivity index (χ4v) is 4.87. The number of benzene rings is 3. The van der Waals surface area contributed by atoms with E-state index in [1.807, 2.05) is 51.1 Å². The normalized spacial score (nSPS) is 13.9. The van der Waals surface area contributed by atoms with Crippen LogP contribution in [0.1, 0.15) is 22.3 Å². The van der Waals surface area contributed by atoms with Gasteiger partial charge in [0, 0.05) is 11.4 Å². The maximum Gasteiger partial charge on any atom is 0.294 e. The van der Waals surface area contributed by atoms with E-state index in [2.05, 4.69) is 10.6 Å². The summed E-state index contributed by atoms with van der Waals surface area (Å²) in [5.74, 6) is -0.658. The van der Waals surface area contributed by atoms with Gasteiger partial charge in [0.05, 0.1) is 12.0 Å². The van der Waals surface area contributed by atoms with Gasteiger partial charge in [0.1, 0.15) is 6.54 Å². The molecule has 0 aliphatic carbocycles. The molecular formula is C30H29N3O6S. The van der Waals surface area contributed by atoms with Crippen LogP contribution in [0, 0.1) is 20.8 Å². The van der Waals surface area contributed by atoms with E-state index >= 15 is 0 Å². The Morgan fingerprint density at radius 2 is 1.68 bits per heavy atom. The summed E-state index contributed by atoms with van der Waals surface area (Å²) >= 11 is 0.757. The zero-order valence-electron chi connectivity index (χ0n) is 22.6. The number of nitrogens with one attached hydrogen (secondary N) is 2. The van der Waals surface area contributed by atoms with Crippen LogP contribution in [0.4, 0.5) is 16.2 Å². The molecule has 10 heteroatoms. The van der Waals surface area contributed by atoms with E-state index in [-0.39, 0.29) is 17.4 Å². The molecule has 0 atom stereocenters. The third kappa shape index (κ3) is 7.09. The Morgan fingerprint density at radius 3 is 2.40 bits per heavy atom. The lowest BCUT2D eigenvalue weighted by Gasteiger charge is -2.14. The maximum absolute atomic E-state index is 12.9. The topological polar surface area (TPSA) is 114 Å². The average Bonchev–Trinajstić information content (AvgIpc) is 3.16. The molecule has 9 nitrogen and oxygen atoms in total. The number of amides is 4. The highest BCUT2D eigenvalue weighted by molar-refractivity contribution is 8.18. The van der Waals surface area contributed by atoms with Gasteiger partial charge in [-0.25, -0.2) is 0 Å². The molecule has 0 bridgehead atoms. The van der Waals surface area contributed by atoms with Crippen LogP contribution < -0.4 is 20.1 Å². The van der Waals surface area contributed by atoms with E-state index in [1.165, 1.54) is 7.11 Å². The summed E-state index contributed by atoms with van der Waals surface area (Å²) < 4.78 is 11.0. The van der Waals surface area contributed by atoms with Crippen molar-refractivity contribution < 1.29 is 28.7 Å². The van der Waals surface area contributed by atoms with Crippen LogP contribution in [0.15, 0.2) is 65.6 Å². The van der Waals surface area contributed by atoms with Gasteiger partial charge in [-0.05, 0) is 85.6 Å². The zero-order chi connectivity index (χ0) is 28.8. The number of carbonyl (C=O) groups excluding carboxylic acids is 4. The predicted octanol–water partition coefficient (Wildman–Crippen LogP) is 5.31. The minimum absolute atomic E-state index is 0.178. The number of carbonyl (C=O) groups is 4. The summed E-state index contributed by atoms with van der Waals surface area (Å²) in [5.41, 5.74) is 4.85. The van der Waals surface area contributed by atoms with Crippen LogP contribution in [0.3, 0.4) is 0 Å². The Kier molecular flexibility index (Phi) is 8.90. The number of thioether (sulfide) groups is 1. The summed E-state index contributed by atoms with van der Waals surface area (Å²) in [6.45, 7) is 5.13. The summed E-state index contributed by atoms with van der Waals surface area (Å²) in [5, 5.41) is 5.00.